The summed E-state index contributed by atoms with van der Waals surface area (Å²) in [6.07, 6.45) is 1.37. The molecule has 2 aliphatic rings. The SMILES string of the molecule is CN1CCN(NC(=O)CN2C(=O)/C(=C/c3c(F)cccc3Cl)SC2=S)CC1. The zero-order valence-electron chi connectivity index (χ0n) is 14.6. The molecule has 2 aliphatic heterocycles. The lowest BCUT2D eigenvalue weighted by molar-refractivity contribution is -0.132. The van der Waals surface area contributed by atoms with Crippen molar-refractivity contribution in [2.45, 2.75) is 0 Å². The highest BCUT2D eigenvalue weighted by Crippen LogP contribution is 2.34. The Hall–Kier alpha value is -1.52. The topological polar surface area (TPSA) is 55.9 Å². The van der Waals surface area contributed by atoms with Gasteiger partial charge in [0.2, 0.25) is 0 Å². The van der Waals surface area contributed by atoms with Crippen LogP contribution in [0.3, 0.4) is 0 Å². The molecule has 144 valence electrons. The van der Waals surface area contributed by atoms with Crippen LogP contribution in [0.15, 0.2) is 23.1 Å². The van der Waals surface area contributed by atoms with Gasteiger partial charge in [-0.1, -0.05) is 41.6 Å². The number of carbonyl (C=O) groups excluding carboxylic acids is 2. The van der Waals surface area contributed by atoms with Crippen molar-refractivity contribution in [2.75, 3.05) is 39.8 Å². The van der Waals surface area contributed by atoms with Crippen LogP contribution in [-0.4, -0.2) is 70.7 Å². The van der Waals surface area contributed by atoms with E-state index in [0.29, 0.717) is 13.1 Å². The summed E-state index contributed by atoms with van der Waals surface area (Å²) < 4.78 is 14.2. The zero-order chi connectivity index (χ0) is 19.6. The second-order valence-corrected chi connectivity index (χ2v) is 8.31. The molecule has 2 saturated heterocycles. The van der Waals surface area contributed by atoms with Gasteiger partial charge >= 0.3 is 0 Å². The fraction of sp³-hybridized carbons (Fsp3) is 0.353. The Morgan fingerprint density at radius 2 is 2.07 bits per heavy atom. The number of piperazine rings is 1. The first-order valence-corrected chi connectivity index (χ1v) is 9.88. The third-order valence-electron chi connectivity index (χ3n) is 4.24. The van der Waals surface area contributed by atoms with E-state index in [9.17, 15) is 14.0 Å². The molecule has 1 aromatic rings. The highest BCUT2D eigenvalue weighted by molar-refractivity contribution is 8.26. The summed E-state index contributed by atoms with van der Waals surface area (Å²) in [5, 5.41) is 2.03. The molecular formula is C17H18ClFN4O2S2. The van der Waals surface area contributed by atoms with Crippen LogP contribution >= 0.6 is 35.6 Å². The largest absolute Gasteiger partial charge is 0.304 e. The van der Waals surface area contributed by atoms with Crippen molar-refractivity contribution >= 4 is 57.8 Å². The van der Waals surface area contributed by atoms with E-state index >= 15 is 0 Å². The lowest BCUT2D eigenvalue weighted by Crippen LogP contribution is -2.54. The number of likely N-dealkylation sites (N-methyl/N-ethyl adjacent to an activating group) is 1. The Morgan fingerprint density at radius 3 is 2.74 bits per heavy atom. The Balaban J connectivity index is 1.66. The molecule has 0 radical (unpaired) electrons. The van der Waals surface area contributed by atoms with Crippen molar-refractivity contribution < 1.29 is 14.0 Å². The van der Waals surface area contributed by atoms with Crippen molar-refractivity contribution in [3.8, 4) is 0 Å². The summed E-state index contributed by atoms with van der Waals surface area (Å²) in [5.74, 6) is -1.28. The van der Waals surface area contributed by atoms with Crippen LogP contribution < -0.4 is 5.43 Å². The highest BCUT2D eigenvalue weighted by Gasteiger charge is 2.34. The van der Waals surface area contributed by atoms with E-state index in [1.807, 2.05) is 12.1 Å². The summed E-state index contributed by atoms with van der Waals surface area (Å²) in [7, 11) is 2.02. The fourth-order valence-corrected chi connectivity index (χ4v) is 4.14. The maximum Gasteiger partial charge on any atom is 0.266 e. The first-order valence-electron chi connectivity index (χ1n) is 8.27. The second-order valence-electron chi connectivity index (χ2n) is 6.23. The summed E-state index contributed by atoms with van der Waals surface area (Å²) in [4.78, 5) is 28.5. The normalized spacial score (nSPS) is 20.6. The molecule has 0 saturated carbocycles. The third-order valence-corrected chi connectivity index (χ3v) is 5.94. The Kier molecular flexibility index (Phi) is 6.48. The standard InChI is InChI=1S/C17H18ClFN4O2S2/c1-21-5-7-22(8-6-21)20-15(24)10-23-16(25)14(27-17(23)26)9-11-12(18)3-2-4-13(11)19/h2-4,9H,5-8,10H2,1H3,(H,20,24)/b14-9-. The number of nitrogens with one attached hydrogen (secondary N) is 1. The molecule has 0 aromatic heterocycles. The van der Waals surface area contributed by atoms with E-state index in [1.165, 1.54) is 23.1 Å². The van der Waals surface area contributed by atoms with E-state index in [2.05, 4.69) is 10.3 Å². The van der Waals surface area contributed by atoms with Crippen LogP contribution in [0, 0.1) is 5.82 Å². The van der Waals surface area contributed by atoms with Crippen molar-refractivity contribution in [1.29, 1.82) is 0 Å². The predicted octanol–water partition coefficient (Wildman–Crippen LogP) is 1.96. The smallest absolute Gasteiger partial charge is 0.266 e. The number of thioether (sulfide) groups is 1. The van der Waals surface area contributed by atoms with Crippen LogP contribution in [-0.2, 0) is 9.59 Å². The number of nitrogens with zero attached hydrogens (tertiary/aromatic N) is 3. The van der Waals surface area contributed by atoms with Gasteiger partial charge in [0.25, 0.3) is 11.8 Å². The van der Waals surface area contributed by atoms with Gasteiger partial charge in [-0.15, -0.1) is 0 Å². The van der Waals surface area contributed by atoms with Crippen LogP contribution in [0.25, 0.3) is 6.08 Å². The number of rotatable bonds is 4. The molecule has 27 heavy (non-hydrogen) atoms. The minimum atomic E-state index is -0.527. The number of thiocarbonyl (C=S) groups is 1. The lowest BCUT2D eigenvalue weighted by Gasteiger charge is -2.32. The maximum absolute atomic E-state index is 14.0. The van der Waals surface area contributed by atoms with Crippen molar-refractivity contribution in [3.05, 3.63) is 39.5 Å². The number of halogens is 2. The lowest BCUT2D eigenvalue weighted by atomic mass is 10.2. The minimum absolute atomic E-state index is 0.126. The number of amides is 2. The third kappa shape index (κ3) is 4.85. The minimum Gasteiger partial charge on any atom is -0.304 e. The van der Waals surface area contributed by atoms with Crippen molar-refractivity contribution in [2.24, 2.45) is 0 Å². The van der Waals surface area contributed by atoms with Gasteiger partial charge in [-0.25, -0.2) is 9.40 Å². The average Bonchev–Trinajstić information content (AvgIpc) is 2.88. The predicted molar refractivity (Wildman–Crippen MR) is 109 cm³/mol. The van der Waals surface area contributed by atoms with Crippen molar-refractivity contribution in [3.63, 3.8) is 0 Å². The monoisotopic (exact) mass is 428 g/mol. The Bertz CT molecular complexity index is 792. The molecule has 6 nitrogen and oxygen atoms in total. The quantitative estimate of drug-likeness (QED) is 0.584. The molecule has 2 amide bonds. The van der Waals surface area contributed by atoms with E-state index in [1.54, 1.807) is 6.07 Å². The zero-order valence-corrected chi connectivity index (χ0v) is 17.0. The molecule has 0 unspecified atom stereocenters. The molecule has 0 aliphatic carbocycles. The Labute approximate surface area is 171 Å². The molecule has 10 heteroatoms. The first kappa shape index (κ1) is 20.2. The maximum atomic E-state index is 14.0. The van der Waals surface area contributed by atoms with Crippen LogP contribution in [0.2, 0.25) is 5.02 Å². The number of hydrogen-bond donors (Lipinski definition) is 1. The van der Waals surface area contributed by atoms with Crippen LogP contribution in [0.1, 0.15) is 5.56 Å². The van der Waals surface area contributed by atoms with Crippen LogP contribution in [0.4, 0.5) is 4.39 Å². The van der Waals surface area contributed by atoms with Crippen LogP contribution in [0.5, 0.6) is 0 Å². The molecule has 2 heterocycles. The van der Waals surface area contributed by atoms with E-state index in [4.69, 9.17) is 23.8 Å². The number of hydrogen-bond acceptors (Lipinski definition) is 6. The number of carbonyl (C=O) groups is 2. The van der Waals surface area contributed by atoms with Gasteiger partial charge in [-0.2, -0.15) is 0 Å². The summed E-state index contributed by atoms with van der Waals surface area (Å²) in [6.45, 7) is 2.96. The average molecular weight is 429 g/mol. The molecule has 0 atom stereocenters. The second kappa shape index (κ2) is 8.66. The van der Waals surface area contributed by atoms with Gasteiger partial charge in [-0.3, -0.25) is 19.9 Å². The van der Waals surface area contributed by atoms with Gasteiger partial charge in [0.1, 0.15) is 16.7 Å². The molecule has 0 bridgehead atoms. The van der Waals surface area contributed by atoms with Gasteiger partial charge in [0.15, 0.2) is 0 Å². The van der Waals surface area contributed by atoms with Gasteiger partial charge in [0, 0.05) is 31.7 Å². The van der Waals surface area contributed by atoms with Gasteiger partial charge < -0.3 is 4.90 Å². The summed E-state index contributed by atoms with van der Waals surface area (Å²) in [6, 6.07) is 4.30. The van der Waals surface area contributed by atoms with E-state index in [-0.39, 0.29) is 32.3 Å². The number of hydrazine groups is 1. The molecule has 2 fully saturated rings. The molecular weight excluding hydrogens is 411 g/mol. The van der Waals surface area contributed by atoms with E-state index < -0.39 is 11.7 Å². The molecule has 1 aromatic carbocycles. The molecule has 0 spiro atoms. The first-order chi connectivity index (χ1) is 12.8. The molecule has 3 rings (SSSR count). The summed E-state index contributed by atoms with van der Waals surface area (Å²) >= 11 is 12.2. The highest BCUT2D eigenvalue weighted by atomic mass is 35.5. The summed E-state index contributed by atoms with van der Waals surface area (Å²) in [5.41, 5.74) is 2.92. The fourth-order valence-electron chi connectivity index (χ4n) is 2.69. The van der Waals surface area contributed by atoms with Gasteiger partial charge in [-0.05, 0) is 25.3 Å². The van der Waals surface area contributed by atoms with Crippen molar-refractivity contribution in [1.82, 2.24) is 20.2 Å². The molecule has 1 N–H and O–H groups in total. The van der Waals surface area contributed by atoms with Gasteiger partial charge in [0.05, 0.1) is 9.93 Å². The number of benzene rings is 1. The van der Waals surface area contributed by atoms with E-state index in [0.717, 1.165) is 24.9 Å². The Morgan fingerprint density at radius 1 is 1.37 bits per heavy atom.